The number of benzene rings is 2. The molecule has 6 aliphatic rings. The molecule has 6 aliphatic carbocycles. The Hall–Kier alpha value is -2.62. The third-order valence-electron chi connectivity index (χ3n) is 11.2. The summed E-state index contributed by atoms with van der Waals surface area (Å²) in [4.78, 5) is 30.1. The Bertz CT molecular complexity index is 1190. The molecule has 2 aromatic carbocycles. The Kier molecular flexibility index (Phi) is 5.94. The second-order valence-electron chi connectivity index (χ2n) is 13.7. The van der Waals surface area contributed by atoms with Crippen LogP contribution in [0.3, 0.4) is 0 Å². The number of carbonyl (C=O) groups is 2. The van der Waals surface area contributed by atoms with Crippen LogP contribution in [0.1, 0.15) is 81.4 Å². The van der Waals surface area contributed by atoms with Crippen molar-refractivity contribution in [2.45, 2.75) is 95.2 Å². The van der Waals surface area contributed by atoms with Gasteiger partial charge in [0, 0.05) is 19.0 Å². The van der Waals surface area contributed by atoms with Gasteiger partial charge in [-0.1, -0.05) is 54.6 Å². The Labute approximate surface area is 227 Å². The van der Waals surface area contributed by atoms with Gasteiger partial charge in [0.15, 0.2) is 0 Å². The highest BCUT2D eigenvalue weighted by Gasteiger charge is 2.56. The Morgan fingerprint density at radius 3 is 2.00 bits per heavy atom. The fourth-order valence-corrected chi connectivity index (χ4v) is 9.92. The molecule has 1 N–H and O–H groups in total. The summed E-state index contributed by atoms with van der Waals surface area (Å²) in [5.41, 5.74) is 3.18. The number of fused-ring (bicyclic) bond motifs is 2. The third kappa shape index (κ3) is 4.19. The van der Waals surface area contributed by atoms with Crippen molar-refractivity contribution < 1.29 is 9.59 Å². The maximum atomic E-state index is 14.8. The lowest BCUT2D eigenvalue weighted by atomic mass is 9.52. The Morgan fingerprint density at radius 2 is 1.39 bits per heavy atom. The number of rotatable bonds is 5. The van der Waals surface area contributed by atoms with Crippen molar-refractivity contribution in [1.82, 2.24) is 10.2 Å². The van der Waals surface area contributed by atoms with Crippen molar-refractivity contribution >= 4 is 11.8 Å². The standard InChI is InChI=1S/C34H42N2O2/c1-23(37)36(22-24-7-3-2-4-8-24)34(12-11-30-16-28-9-5-6-10-29(28)17-31(30)21-34)32(38)35-33-18-25-13-26(19-33)15-27(14-25)20-33/h2-10,25-27,30-31H,11-22H2,1H3,(H,35,38)/t25?,26?,27?,30-,31+,33?,34-/m1/s1. The molecule has 0 spiro atoms. The Morgan fingerprint density at radius 1 is 0.816 bits per heavy atom. The van der Waals surface area contributed by atoms with Crippen LogP contribution in [0.5, 0.6) is 0 Å². The van der Waals surface area contributed by atoms with E-state index in [4.69, 9.17) is 0 Å². The van der Waals surface area contributed by atoms with Gasteiger partial charge in [0.2, 0.25) is 11.8 Å². The van der Waals surface area contributed by atoms with Gasteiger partial charge in [0.05, 0.1) is 0 Å². The second-order valence-corrected chi connectivity index (χ2v) is 13.7. The molecule has 5 saturated carbocycles. The van der Waals surface area contributed by atoms with Gasteiger partial charge in [0.25, 0.3) is 0 Å². The summed E-state index contributed by atoms with van der Waals surface area (Å²) in [6, 6.07) is 19.1. The largest absolute Gasteiger partial charge is 0.349 e. The molecule has 8 rings (SSSR count). The summed E-state index contributed by atoms with van der Waals surface area (Å²) in [7, 11) is 0. The maximum Gasteiger partial charge on any atom is 0.246 e. The van der Waals surface area contributed by atoms with Crippen molar-refractivity contribution in [3.8, 4) is 0 Å². The van der Waals surface area contributed by atoms with E-state index in [1.165, 1.54) is 30.4 Å². The van der Waals surface area contributed by atoms with E-state index in [9.17, 15) is 9.59 Å². The van der Waals surface area contributed by atoms with E-state index in [1.54, 1.807) is 6.92 Å². The van der Waals surface area contributed by atoms with E-state index in [0.29, 0.717) is 18.4 Å². The quantitative estimate of drug-likeness (QED) is 0.530. The van der Waals surface area contributed by atoms with Gasteiger partial charge in [0.1, 0.15) is 5.54 Å². The smallest absolute Gasteiger partial charge is 0.246 e. The van der Waals surface area contributed by atoms with Gasteiger partial charge < -0.3 is 10.2 Å². The van der Waals surface area contributed by atoms with Crippen molar-refractivity contribution in [2.24, 2.45) is 29.6 Å². The molecule has 4 bridgehead atoms. The maximum absolute atomic E-state index is 14.8. The van der Waals surface area contributed by atoms with Crippen molar-refractivity contribution in [3.05, 3.63) is 71.3 Å². The molecule has 5 fully saturated rings. The number of carbonyl (C=O) groups excluding carboxylic acids is 2. The molecule has 200 valence electrons. The monoisotopic (exact) mass is 510 g/mol. The minimum Gasteiger partial charge on any atom is -0.349 e. The topological polar surface area (TPSA) is 49.4 Å². The van der Waals surface area contributed by atoms with E-state index < -0.39 is 5.54 Å². The van der Waals surface area contributed by atoms with Crippen LogP contribution >= 0.6 is 0 Å². The SMILES string of the molecule is CC(=O)N(Cc1ccccc1)[C@]1(C(=O)NC23CC4CC(CC(C4)C2)C3)CC[C@@H]2Cc3ccccc3C[C@H]2C1. The molecule has 3 atom stereocenters. The normalized spacial score (nSPS) is 36.7. The van der Waals surface area contributed by atoms with Gasteiger partial charge >= 0.3 is 0 Å². The number of amides is 2. The second kappa shape index (κ2) is 9.24. The van der Waals surface area contributed by atoms with Gasteiger partial charge in [-0.3, -0.25) is 9.59 Å². The molecule has 0 heterocycles. The molecule has 2 aromatic rings. The molecular formula is C34H42N2O2. The number of nitrogens with zero attached hydrogens (tertiary/aromatic N) is 1. The average Bonchev–Trinajstić information content (AvgIpc) is 2.89. The summed E-state index contributed by atoms with van der Waals surface area (Å²) in [5.74, 6) is 3.50. The van der Waals surface area contributed by atoms with Crippen LogP contribution in [-0.2, 0) is 29.0 Å². The van der Waals surface area contributed by atoms with E-state index >= 15 is 0 Å². The summed E-state index contributed by atoms with van der Waals surface area (Å²) in [6.07, 6.45) is 12.2. The molecule has 4 heteroatoms. The molecule has 4 nitrogen and oxygen atoms in total. The number of nitrogens with one attached hydrogen (secondary N) is 1. The zero-order valence-corrected chi connectivity index (χ0v) is 22.8. The van der Waals surface area contributed by atoms with E-state index in [1.807, 2.05) is 23.1 Å². The number of hydrogen-bond donors (Lipinski definition) is 1. The molecule has 0 radical (unpaired) electrons. The highest BCUT2D eigenvalue weighted by Crippen LogP contribution is 2.56. The predicted molar refractivity (Wildman–Crippen MR) is 149 cm³/mol. The van der Waals surface area contributed by atoms with Gasteiger partial charge in [-0.2, -0.15) is 0 Å². The Balaban J connectivity index is 1.23. The van der Waals surface area contributed by atoms with Crippen molar-refractivity contribution in [2.75, 3.05) is 0 Å². The third-order valence-corrected chi connectivity index (χ3v) is 11.2. The first kappa shape index (κ1) is 24.4. The predicted octanol–water partition coefficient (Wildman–Crippen LogP) is 6.07. The lowest BCUT2D eigenvalue weighted by molar-refractivity contribution is -0.156. The summed E-state index contributed by atoms with van der Waals surface area (Å²) in [6.45, 7) is 2.17. The zero-order chi connectivity index (χ0) is 25.9. The highest BCUT2D eigenvalue weighted by atomic mass is 16.2. The first-order valence-electron chi connectivity index (χ1n) is 15.1. The van der Waals surface area contributed by atoms with E-state index in [0.717, 1.165) is 74.7 Å². The van der Waals surface area contributed by atoms with Gasteiger partial charge in [-0.15, -0.1) is 0 Å². The van der Waals surface area contributed by atoms with Gasteiger partial charge in [-0.05, 0) is 117 Å². The summed E-state index contributed by atoms with van der Waals surface area (Å²) >= 11 is 0. The zero-order valence-electron chi connectivity index (χ0n) is 22.8. The molecular weight excluding hydrogens is 468 g/mol. The van der Waals surface area contributed by atoms with E-state index in [-0.39, 0.29) is 17.4 Å². The molecule has 0 aliphatic heterocycles. The summed E-state index contributed by atoms with van der Waals surface area (Å²) < 4.78 is 0. The first-order chi connectivity index (χ1) is 18.4. The minimum absolute atomic E-state index is 0.0178. The van der Waals surface area contributed by atoms with Crippen LogP contribution in [0.25, 0.3) is 0 Å². The van der Waals surface area contributed by atoms with Crippen LogP contribution in [0.4, 0.5) is 0 Å². The molecule has 0 unspecified atom stereocenters. The van der Waals surface area contributed by atoms with E-state index in [2.05, 4.69) is 41.7 Å². The van der Waals surface area contributed by atoms with Crippen LogP contribution < -0.4 is 5.32 Å². The summed E-state index contributed by atoms with van der Waals surface area (Å²) in [5, 5.41) is 3.74. The lowest BCUT2D eigenvalue weighted by Gasteiger charge is -2.58. The first-order valence-corrected chi connectivity index (χ1v) is 15.1. The average molecular weight is 511 g/mol. The van der Waals surface area contributed by atoms with Crippen LogP contribution in [0.2, 0.25) is 0 Å². The van der Waals surface area contributed by atoms with Crippen LogP contribution in [-0.4, -0.2) is 27.8 Å². The van der Waals surface area contributed by atoms with Crippen molar-refractivity contribution in [3.63, 3.8) is 0 Å². The fraction of sp³-hybridized carbons (Fsp3) is 0.588. The van der Waals surface area contributed by atoms with Crippen LogP contribution in [0.15, 0.2) is 54.6 Å². The fourth-order valence-electron chi connectivity index (χ4n) is 9.92. The van der Waals surface area contributed by atoms with Gasteiger partial charge in [-0.25, -0.2) is 0 Å². The van der Waals surface area contributed by atoms with Crippen LogP contribution in [0, 0.1) is 29.6 Å². The number of hydrogen-bond acceptors (Lipinski definition) is 2. The molecule has 0 saturated heterocycles. The van der Waals surface area contributed by atoms with Crippen molar-refractivity contribution in [1.29, 1.82) is 0 Å². The highest BCUT2D eigenvalue weighted by molar-refractivity contribution is 5.91. The molecule has 38 heavy (non-hydrogen) atoms. The molecule has 2 amide bonds. The lowest BCUT2D eigenvalue weighted by Crippen LogP contribution is -2.68. The minimum atomic E-state index is -0.779. The molecule has 0 aromatic heterocycles.